The zero-order chi connectivity index (χ0) is 24.3. The maximum atomic E-state index is 13.4. The first-order chi connectivity index (χ1) is 16.3. The quantitative estimate of drug-likeness (QED) is 0.539. The second-order valence-electron chi connectivity index (χ2n) is 8.11. The number of carbonyl (C=O) groups is 2. The minimum Gasteiger partial charge on any atom is -0.459 e. The Hall–Kier alpha value is -3.02. The number of hydrogen-bond donors (Lipinski definition) is 1. The third-order valence-corrected chi connectivity index (χ3v) is 6.46. The number of alkyl halides is 3. The van der Waals surface area contributed by atoms with Crippen LogP contribution in [0, 0.1) is 0 Å². The standard InChI is InChI=1S/C22H24F3N5O3S/c1-34-11-8-16(26-20(31)17-5-3-10-33-17)21(32)29-9-2-4-14(12-29)19-28-27-18-7-6-15(13-30(18)19)22(23,24)25/h3,5-7,10,13-14,16H,2,4,8-9,11-12H2,1H3,(H,26,31). The Morgan fingerprint density at radius 3 is 2.82 bits per heavy atom. The maximum Gasteiger partial charge on any atom is 0.417 e. The van der Waals surface area contributed by atoms with Gasteiger partial charge >= 0.3 is 6.18 Å². The minimum atomic E-state index is -4.49. The predicted molar refractivity (Wildman–Crippen MR) is 120 cm³/mol. The number of hydrogen-bond acceptors (Lipinski definition) is 6. The first-order valence-corrected chi connectivity index (χ1v) is 12.2. The summed E-state index contributed by atoms with van der Waals surface area (Å²) in [6, 6.07) is 4.64. The highest BCUT2D eigenvalue weighted by atomic mass is 32.2. The molecule has 12 heteroatoms. The molecule has 0 saturated carbocycles. The molecule has 1 saturated heterocycles. The molecule has 1 fully saturated rings. The van der Waals surface area contributed by atoms with Gasteiger partial charge in [-0.15, -0.1) is 10.2 Å². The van der Waals surface area contributed by atoms with Crippen LogP contribution in [0.4, 0.5) is 13.2 Å². The van der Waals surface area contributed by atoms with Crippen LogP contribution in [0.5, 0.6) is 0 Å². The van der Waals surface area contributed by atoms with E-state index in [2.05, 4.69) is 15.5 Å². The largest absolute Gasteiger partial charge is 0.459 e. The summed E-state index contributed by atoms with van der Waals surface area (Å²) in [4.78, 5) is 27.5. The molecule has 1 aliphatic heterocycles. The van der Waals surface area contributed by atoms with Crippen molar-refractivity contribution in [2.75, 3.05) is 25.1 Å². The fraction of sp³-hybridized carbons (Fsp3) is 0.455. The SMILES string of the molecule is CSCCC(NC(=O)c1ccco1)C(=O)N1CCCC(c2nnc3ccc(C(F)(F)F)cn23)C1. The summed E-state index contributed by atoms with van der Waals surface area (Å²) in [5.41, 5.74) is -0.474. The van der Waals surface area contributed by atoms with E-state index in [4.69, 9.17) is 4.42 Å². The lowest BCUT2D eigenvalue weighted by Crippen LogP contribution is -2.51. The van der Waals surface area contributed by atoms with Crippen molar-refractivity contribution in [2.45, 2.75) is 37.4 Å². The van der Waals surface area contributed by atoms with Gasteiger partial charge in [0.05, 0.1) is 11.8 Å². The third kappa shape index (κ3) is 5.21. The molecule has 0 spiro atoms. The summed E-state index contributed by atoms with van der Waals surface area (Å²) in [6.07, 6.45) is 1.57. The Morgan fingerprint density at radius 2 is 2.12 bits per heavy atom. The zero-order valence-electron chi connectivity index (χ0n) is 18.4. The average molecular weight is 496 g/mol. The third-order valence-electron chi connectivity index (χ3n) is 5.81. The number of rotatable bonds is 7. The molecule has 4 rings (SSSR count). The first-order valence-electron chi connectivity index (χ1n) is 10.8. The number of nitrogens with one attached hydrogen (secondary N) is 1. The molecule has 0 bridgehead atoms. The molecule has 3 aromatic heterocycles. The van der Waals surface area contributed by atoms with E-state index in [0.717, 1.165) is 12.3 Å². The van der Waals surface area contributed by atoms with Gasteiger partial charge in [-0.05, 0) is 55.5 Å². The lowest BCUT2D eigenvalue weighted by molar-refractivity contribution is -0.138. The second kappa shape index (κ2) is 10.1. The highest BCUT2D eigenvalue weighted by Crippen LogP contribution is 2.31. The van der Waals surface area contributed by atoms with Gasteiger partial charge < -0.3 is 14.6 Å². The van der Waals surface area contributed by atoms with Crippen LogP contribution in [0.3, 0.4) is 0 Å². The Balaban J connectivity index is 1.52. The highest BCUT2D eigenvalue weighted by Gasteiger charge is 2.34. The molecule has 1 aliphatic rings. The van der Waals surface area contributed by atoms with E-state index in [1.165, 1.54) is 22.8 Å². The van der Waals surface area contributed by atoms with Gasteiger partial charge in [0.2, 0.25) is 5.91 Å². The molecular weight excluding hydrogens is 471 g/mol. The Kier molecular flexibility index (Phi) is 7.15. The highest BCUT2D eigenvalue weighted by molar-refractivity contribution is 7.98. The number of furan rings is 1. The molecule has 0 aromatic carbocycles. The molecule has 8 nitrogen and oxygen atoms in total. The van der Waals surface area contributed by atoms with Crippen molar-refractivity contribution in [1.29, 1.82) is 0 Å². The van der Waals surface area contributed by atoms with E-state index in [1.54, 1.807) is 22.7 Å². The second-order valence-corrected chi connectivity index (χ2v) is 9.10. The van der Waals surface area contributed by atoms with E-state index >= 15 is 0 Å². The van der Waals surface area contributed by atoms with Gasteiger partial charge in [-0.1, -0.05) is 0 Å². The predicted octanol–water partition coefficient (Wildman–Crippen LogP) is 3.60. The number of halogens is 3. The van der Waals surface area contributed by atoms with Crippen LogP contribution >= 0.6 is 11.8 Å². The van der Waals surface area contributed by atoms with Crippen molar-refractivity contribution < 1.29 is 27.2 Å². The van der Waals surface area contributed by atoms with E-state index in [1.807, 2.05) is 6.26 Å². The molecule has 2 atom stereocenters. The Bertz CT molecular complexity index is 1150. The zero-order valence-corrected chi connectivity index (χ0v) is 19.2. The smallest absolute Gasteiger partial charge is 0.417 e. The average Bonchev–Trinajstić information content (AvgIpc) is 3.50. The molecule has 3 aromatic rings. The molecule has 182 valence electrons. The molecule has 2 unspecified atom stereocenters. The molecule has 4 heterocycles. The number of amides is 2. The van der Waals surface area contributed by atoms with Crippen LogP contribution in [0.2, 0.25) is 0 Å². The molecule has 1 N–H and O–H groups in total. The van der Waals surface area contributed by atoms with Gasteiger partial charge in [-0.2, -0.15) is 24.9 Å². The summed E-state index contributed by atoms with van der Waals surface area (Å²) in [5.74, 6) is 0.191. The van der Waals surface area contributed by atoms with Gasteiger partial charge in [0.1, 0.15) is 11.9 Å². The molecule has 0 radical (unpaired) electrons. The van der Waals surface area contributed by atoms with E-state index < -0.39 is 23.7 Å². The van der Waals surface area contributed by atoms with E-state index in [9.17, 15) is 22.8 Å². The number of likely N-dealkylation sites (tertiary alicyclic amines) is 1. The maximum absolute atomic E-state index is 13.4. The number of thioether (sulfide) groups is 1. The molecule has 2 amide bonds. The van der Waals surface area contributed by atoms with Crippen LogP contribution in [-0.4, -0.2) is 62.5 Å². The van der Waals surface area contributed by atoms with Crippen molar-refractivity contribution in [3.8, 4) is 0 Å². The van der Waals surface area contributed by atoms with Gasteiger partial charge in [0.15, 0.2) is 11.4 Å². The van der Waals surface area contributed by atoms with Crippen LogP contribution in [0.1, 0.15) is 47.1 Å². The lowest BCUT2D eigenvalue weighted by atomic mass is 9.96. The number of piperidine rings is 1. The van der Waals surface area contributed by atoms with Crippen LogP contribution < -0.4 is 5.32 Å². The number of pyridine rings is 1. The summed E-state index contributed by atoms with van der Waals surface area (Å²) in [7, 11) is 0. The number of nitrogens with zero attached hydrogens (tertiary/aromatic N) is 4. The number of fused-ring (bicyclic) bond motifs is 1. The Labute approximate surface area is 197 Å². The normalized spacial score (nSPS) is 17.6. The molecule has 0 aliphatic carbocycles. The first kappa shape index (κ1) is 24.1. The van der Waals surface area contributed by atoms with Crippen LogP contribution in [0.15, 0.2) is 41.1 Å². The molecule has 34 heavy (non-hydrogen) atoms. The monoisotopic (exact) mass is 495 g/mol. The number of carbonyl (C=O) groups excluding carboxylic acids is 2. The van der Waals surface area contributed by atoms with Crippen LogP contribution in [0.25, 0.3) is 5.65 Å². The van der Waals surface area contributed by atoms with E-state index in [-0.39, 0.29) is 24.1 Å². The lowest BCUT2D eigenvalue weighted by Gasteiger charge is -2.34. The summed E-state index contributed by atoms with van der Waals surface area (Å²) >= 11 is 1.56. The van der Waals surface area contributed by atoms with Crippen molar-refractivity contribution in [3.63, 3.8) is 0 Å². The van der Waals surface area contributed by atoms with Crippen LogP contribution in [-0.2, 0) is 11.0 Å². The summed E-state index contributed by atoms with van der Waals surface area (Å²) in [5, 5.41) is 10.9. The number of aromatic nitrogens is 3. The van der Waals surface area contributed by atoms with Crippen molar-refractivity contribution >= 4 is 29.2 Å². The van der Waals surface area contributed by atoms with Crippen molar-refractivity contribution in [3.05, 3.63) is 53.9 Å². The Morgan fingerprint density at radius 1 is 1.29 bits per heavy atom. The van der Waals surface area contributed by atoms with Gasteiger partial charge in [0, 0.05) is 25.2 Å². The van der Waals surface area contributed by atoms with Crippen molar-refractivity contribution in [2.24, 2.45) is 0 Å². The minimum absolute atomic E-state index is 0.119. The topological polar surface area (TPSA) is 92.7 Å². The van der Waals surface area contributed by atoms with Gasteiger partial charge in [-0.3, -0.25) is 14.0 Å². The van der Waals surface area contributed by atoms with Gasteiger partial charge in [0.25, 0.3) is 5.91 Å². The fourth-order valence-electron chi connectivity index (χ4n) is 4.09. The molecular formula is C22H24F3N5O3S. The summed E-state index contributed by atoms with van der Waals surface area (Å²) in [6.45, 7) is 0.772. The summed E-state index contributed by atoms with van der Waals surface area (Å²) < 4.78 is 46.1. The van der Waals surface area contributed by atoms with Gasteiger partial charge in [-0.25, -0.2) is 0 Å². The fourth-order valence-corrected chi connectivity index (χ4v) is 4.56. The van der Waals surface area contributed by atoms with Crippen molar-refractivity contribution in [1.82, 2.24) is 24.8 Å². The van der Waals surface area contributed by atoms with E-state index in [0.29, 0.717) is 43.0 Å².